The van der Waals surface area contributed by atoms with Crippen LogP contribution in [0.1, 0.15) is 61.3 Å². The second-order valence-corrected chi connectivity index (χ2v) is 9.35. The van der Waals surface area contributed by atoms with E-state index in [9.17, 15) is 20.1 Å². The summed E-state index contributed by atoms with van der Waals surface area (Å²) in [6.45, 7) is 13.1. The summed E-state index contributed by atoms with van der Waals surface area (Å²) >= 11 is 0. The van der Waals surface area contributed by atoms with Gasteiger partial charge >= 0.3 is 0 Å². The fraction of sp³-hybridized carbons (Fsp3) is 0.727. The highest BCUT2D eigenvalue weighted by Gasteiger charge is 2.56. The maximum Gasteiger partial charge on any atom is 0.190 e. The zero-order valence-corrected chi connectivity index (χ0v) is 18.2. The summed E-state index contributed by atoms with van der Waals surface area (Å²) in [5.74, 6) is -1.16. The van der Waals surface area contributed by atoms with E-state index in [0.29, 0.717) is 17.6 Å². The van der Waals surface area contributed by atoms with Crippen molar-refractivity contribution in [3.8, 4) is 0 Å². The molecule has 1 aliphatic heterocycles. The third-order valence-corrected chi connectivity index (χ3v) is 7.00. The normalized spacial score (nSPS) is 33.2. The number of hydrazone groups is 1. The SMILES string of the molecule is C/C=C(/CO)C[C@]1(O)C(=O)C(C)=C[C@H]1[C@@](C)(O)[C@H](C)CC1=NNC(C)(C)[C@H]1C. The van der Waals surface area contributed by atoms with E-state index in [1.165, 1.54) is 0 Å². The summed E-state index contributed by atoms with van der Waals surface area (Å²) < 4.78 is 0. The maximum atomic E-state index is 12.8. The minimum absolute atomic E-state index is 0.00610. The van der Waals surface area contributed by atoms with E-state index in [-0.39, 0.29) is 36.2 Å². The lowest BCUT2D eigenvalue weighted by molar-refractivity contribution is -0.150. The van der Waals surface area contributed by atoms with Crippen molar-refractivity contribution >= 4 is 11.5 Å². The van der Waals surface area contributed by atoms with E-state index in [1.54, 1.807) is 32.9 Å². The van der Waals surface area contributed by atoms with E-state index < -0.39 is 17.1 Å². The van der Waals surface area contributed by atoms with Crippen LogP contribution < -0.4 is 5.43 Å². The van der Waals surface area contributed by atoms with Gasteiger partial charge in [0.1, 0.15) is 5.60 Å². The smallest absolute Gasteiger partial charge is 0.190 e. The number of hydrogen-bond acceptors (Lipinski definition) is 6. The molecule has 0 aromatic carbocycles. The Morgan fingerprint density at radius 1 is 1.46 bits per heavy atom. The Hall–Kier alpha value is -1.50. The Morgan fingerprint density at radius 2 is 2.07 bits per heavy atom. The monoisotopic (exact) mass is 392 g/mol. The molecule has 158 valence electrons. The Morgan fingerprint density at radius 3 is 2.54 bits per heavy atom. The predicted octanol–water partition coefficient (Wildman–Crippen LogP) is 2.34. The van der Waals surface area contributed by atoms with Crippen molar-refractivity contribution in [2.75, 3.05) is 6.61 Å². The van der Waals surface area contributed by atoms with Crippen molar-refractivity contribution in [2.24, 2.45) is 22.9 Å². The van der Waals surface area contributed by atoms with Crippen LogP contribution in [0, 0.1) is 17.8 Å². The molecule has 0 saturated carbocycles. The number of Topliss-reactive ketones (excluding diaryl/α,β-unsaturated/α-hetero) is 1. The summed E-state index contributed by atoms with van der Waals surface area (Å²) in [5, 5.41) is 36.8. The lowest BCUT2D eigenvalue weighted by Gasteiger charge is -2.42. The molecular formula is C22H36N2O4. The fourth-order valence-electron chi connectivity index (χ4n) is 4.26. The van der Waals surface area contributed by atoms with E-state index >= 15 is 0 Å². The van der Waals surface area contributed by atoms with Crippen LogP contribution in [-0.4, -0.2) is 50.2 Å². The molecule has 0 radical (unpaired) electrons. The number of aliphatic hydroxyl groups is 3. The standard InChI is InChI=1S/C22H36N2O4/c1-8-16(12-25)11-22(28)18(9-13(2)19(22)26)21(7,27)14(3)10-17-15(4)20(5,6)24-23-17/h8-9,14-15,18,24-25,27-28H,10-12H2,1-7H3/b16-8+/t14-,15+,18+,21+,22-/m1/s1. The van der Waals surface area contributed by atoms with Gasteiger partial charge in [0.2, 0.25) is 0 Å². The first-order chi connectivity index (χ1) is 12.8. The number of rotatable bonds is 7. The molecule has 0 aromatic rings. The number of hydrogen-bond donors (Lipinski definition) is 4. The second-order valence-electron chi connectivity index (χ2n) is 9.35. The first-order valence-electron chi connectivity index (χ1n) is 10.1. The lowest BCUT2D eigenvalue weighted by Crippen LogP contribution is -2.54. The first kappa shape index (κ1) is 22.8. The molecule has 2 rings (SSSR count). The molecule has 0 unspecified atom stereocenters. The van der Waals surface area contributed by atoms with Crippen molar-refractivity contribution in [3.05, 3.63) is 23.3 Å². The van der Waals surface area contributed by atoms with E-state index in [0.717, 1.165) is 5.71 Å². The Bertz CT molecular complexity index is 720. The molecule has 28 heavy (non-hydrogen) atoms. The lowest BCUT2D eigenvalue weighted by atomic mass is 9.68. The third-order valence-electron chi connectivity index (χ3n) is 7.00. The van der Waals surface area contributed by atoms with Gasteiger partial charge in [-0.15, -0.1) is 0 Å². The molecule has 0 fully saturated rings. The minimum Gasteiger partial charge on any atom is -0.392 e. The van der Waals surface area contributed by atoms with Crippen molar-refractivity contribution in [1.82, 2.24) is 5.43 Å². The van der Waals surface area contributed by atoms with Gasteiger partial charge in [-0.1, -0.05) is 26.0 Å². The molecule has 1 aliphatic carbocycles. The molecule has 6 nitrogen and oxygen atoms in total. The molecular weight excluding hydrogens is 356 g/mol. The van der Waals surface area contributed by atoms with Gasteiger partial charge < -0.3 is 20.7 Å². The number of aliphatic hydroxyl groups excluding tert-OH is 1. The van der Waals surface area contributed by atoms with Crippen molar-refractivity contribution in [2.45, 2.75) is 78.0 Å². The second kappa shape index (κ2) is 7.73. The summed E-state index contributed by atoms with van der Waals surface area (Å²) in [6.07, 6.45) is 3.96. The van der Waals surface area contributed by atoms with Crippen molar-refractivity contribution in [3.63, 3.8) is 0 Å². The molecule has 0 aromatic heterocycles. The number of carbonyl (C=O) groups excluding carboxylic acids is 1. The van der Waals surface area contributed by atoms with Crippen LogP contribution >= 0.6 is 0 Å². The summed E-state index contributed by atoms with van der Waals surface area (Å²) in [5.41, 5.74) is 1.93. The van der Waals surface area contributed by atoms with E-state index in [2.05, 4.69) is 31.3 Å². The third kappa shape index (κ3) is 3.82. The molecule has 2 aliphatic rings. The molecule has 4 N–H and O–H groups in total. The topological polar surface area (TPSA) is 102 Å². The van der Waals surface area contributed by atoms with Crippen LogP contribution in [0.25, 0.3) is 0 Å². The summed E-state index contributed by atoms with van der Waals surface area (Å²) in [4.78, 5) is 12.8. The van der Waals surface area contributed by atoms with Gasteiger partial charge in [-0.05, 0) is 58.1 Å². The van der Waals surface area contributed by atoms with Crippen LogP contribution in [-0.2, 0) is 4.79 Å². The maximum absolute atomic E-state index is 12.8. The predicted molar refractivity (Wildman–Crippen MR) is 111 cm³/mol. The fourth-order valence-corrected chi connectivity index (χ4v) is 4.26. The van der Waals surface area contributed by atoms with E-state index in [1.807, 2.05) is 6.92 Å². The van der Waals surface area contributed by atoms with Gasteiger partial charge in [-0.2, -0.15) is 5.10 Å². The highest BCUT2D eigenvalue weighted by Crippen LogP contribution is 2.46. The zero-order chi connectivity index (χ0) is 21.5. The molecule has 0 saturated heterocycles. The number of allylic oxidation sites excluding steroid dienone is 1. The summed E-state index contributed by atoms with van der Waals surface area (Å²) in [6, 6.07) is 0. The molecule has 1 heterocycles. The molecule has 0 spiro atoms. The van der Waals surface area contributed by atoms with Crippen molar-refractivity contribution in [1.29, 1.82) is 0 Å². The first-order valence-corrected chi connectivity index (χ1v) is 10.1. The average Bonchev–Trinajstić information content (AvgIpc) is 3.02. The van der Waals surface area contributed by atoms with Gasteiger partial charge in [-0.3, -0.25) is 4.79 Å². The van der Waals surface area contributed by atoms with Crippen LogP contribution in [0.4, 0.5) is 0 Å². The largest absolute Gasteiger partial charge is 0.392 e. The summed E-state index contributed by atoms with van der Waals surface area (Å²) in [7, 11) is 0. The van der Waals surface area contributed by atoms with Crippen molar-refractivity contribution < 1.29 is 20.1 Å². The number of nitrogens with one attached hydrogen (secondary N) is 1. The van der Waals surface area contributed by atoms with Gasteiger partial charge in [-0.25, -0.2) is 0 Å². The Balaban J connectivity index is 2.30. The number of ketones is 1. The zero-order valence-electron chi connectivity index (χ0n) is 18.2. The molecule has 5 atom stereocenters. The van der Waals surface area contributed by atoms with Crippen LogP contribution in [0.15, 0.2) is 28.4 Å². The quantitative estimate of drug-likeness (QED) is 0.498. The van der Waals surface area contributed by atoms with E-state index in [4.69, 9.17) is 0 Å². The van der Waals surface area contributed by atoms with Crippen LogP contribution in [0.3, 0.4) is 0 Å². The highest BCUT2D eigenvalue weighted by atomic mass is 16.3. The molecule has 0 bridgehead atoms. The highest BCUT2D eigenvalue weighted by molar-refractivity contribution is 6.04. The minimum atomic E-state index is -1.76. The van der Waals surface area contributed by atoms with Gasteiger partial charge in [0.05, 0.1) is 17.7 Å². The number of nitrogens with zero attached hydrogens (tertiary/aromatic N) is 1. The Kier molecular flexibility index (Phi) is 6.29. The van der Waals surface area contributed by atoms with Gasteiger partial charge in [0.15, 0.2) is 5.78 Å². The number of carbonyl (C=O) groups is 1. The molecule has 0 amide bonds. The molecule has 6 heteroatoms. The van der Waals surface area contributed by atoms with Gasteiger partial charge in [0, 0.05) is 24.0 Å². The van der Waals surface area contributed by atoms with Crippen LogP contribution in [0.5, 0.6) is 0 Å². The van der Waals surface area contributed by atoms with Gasteiger partial charge in [0.25, 0.3) is 0 Å². The average molecular weight is 393 g/mol. The Labute approximate surface area is 168 Å². The van der Waals surface area contributed by atoms with Crippen LogP contribution in [0.2, 0.25) is 0 Å².